The number of benzene rings is 2. The van der Waals surface area contributed by atoms with Crippen LogP contribution in [0.1, 0.15) is 45.5 Å². The van der Waals surface area contributed by atoms with Gasteiger partial charge in [0.05, 0.1) is 26.9 Å². The molecule has 0 saturated carbocycles. The van der Waals surface area contributed by atoms with Gasteiger partial charge >= 0.3 is 18.5 Å². The Morgan fingerprint density at radius 2 is 1.62 bits per heavy atom. The second-order valence-electron chi connectivity index (χ2n) is 8.95. The van der Waals surface area contributed by atoms with Crippen molar-refractivity contribution in [3.05, 3.63) is 80.8 Å². The van der Waals surface area contributed by atoms with Crippen molar-refractivity contribution in [3.63, 3.8) is 0 Å². The molecule has 0 bridgehead atoms. The monoisotopic (exact) mass is 673 g/mol. The van der Waals surface area contributed by atoms with Gasteiger partial charge in [-0.2, -0.15) is 39.5 Å². The van der Waals surface area contributed by atoms with Crippen LogP contribution in [0, 0.1) is 0 Å². The van der Waals surface area contributed by atoms with Crippen molar-refractivity contribution < 1.29 is 57.1 Å². The van der Waals surface area contributed by atoms with Crippen molar-refractivity contribution in [3.8, 4) is 0 Å². The van der Waals surface area contributed by atoms with E-state index in [4.69, 9.17) is 23.2 Å². The topological polar surface area (TPSA) is 63.2 Å². The normalized spacial score (nSPS) is 14.8. The summed E-state index contributed by atoms with van der Waals surface area (Å²) in [6, 6.07) is 1.18. The minimum absolute atomic E-state index is 0.00471. The van der Waals surface area contributed by atoms with Crippen LogP contribution in [0.5, 0.6) is 0 Å². The lowest BCUT2D eigenvalue weighted by molar-refractivity contribution is -0.140. The Kier molecular flexibility index (Phi) is 10.8. The van der Waals surface area contributed by atoms with Gasteiger partial charge in [-0.25, -0.2) is 12.8 Å². The molecule has 2 aromatic rings. The first-order chi connectivity index (χ1) is 18.9. The Morgan fingerprint density at radius 1 is 1.02 bits per heavy atom. The van der Waals surface area contributed by atoms with Crippen LogP contribution in [0.15, 0.2) is 43.0 Å². The molecular weight excluding hydrogens is 655 g/mol. The molecule has 0 unspecified atom stereocenters. The summed E-state index contributed by atoms with van der Waals surface area (Å²) in [5.41, 5.74) is -4.64. The van der Waals surface area contributed by atoms with Crippen LogP contribution in [-0.4, -0.2) is 44.2 Å². The molecule has 0 fully saturated rings. The Hall–Kier alpha value is -2.78. The van der Waals surface area contributed by atoms with E-state index in [0.29, 0.717) is 12.1 Å². The predicted octanol–water partition coefficient (Wildman–Crippen LogP) is 8.41. The number of sulfone groups is 1. The van der Waals surface area contributed by atoms with Crippen LogP contribution >= 0.6 is 23.2 Å². The molecule has 0 radical (unpaired) electrons. The third-order valence-electron chi connectivity index (χ3n) is 5.43. The highest BCUT2D eigenvalue weighted by molar-refractivity contribution is 7.91. The number of nitrogens with one attached hydrogen (secondary N) is 1. The fourth-order valence-electron chi connectivity index (χ4n) is 3.74. The van der Waals surface area contributed by atoms with Gasteiger partial charge in [-0.3, -0.25) is 4.79 Å². The summed E-state index contributed by atoms with van der Waals surface area (Å²) in [6.07, 6.45) is -14.5. The molecule has 4 nitrogen and oxygen atoms in total. The van der Waals surface area contributed by atoms with Crippen molar-refractivity contribution in [1.29, 1.82) is 0 Å². The second-order valence-corrected chi connectivity index (χ2v) is 11.8. The van der Waals surface area contributed by atoms with Gasteiger partial charge in [0, 0.05) is 11.6 Å². The average Bonchev–Trinajstić information content (AvgIpc) is 2.80. The quantitative estimate of drug-likeness (QED) is 0.272. The molecule has 2 rings (SSSR count). The van der Waals surface area contributed by atoms with E-state index in [1.54, 1.807) is 0 Å². The first-order valence-corrected chi connectivity index (χ1v) is 13.9. The number of amides is 1. The molecule has 0 aliphatic carbocycles. The van der Waals surface area contributed by atoms with E-state index in [1.165, 1.54) is 0 Å². The van der Waals surface area contributed by atoms with Gasteiger partial charge in [-0.1, -0.05) is 41.9 Å². The zero-order valence-corrected chi connectivity index (χ0v) is 23.3. The molecule has 0 saturated heterocycles. The number of carbonyl (C=O) groups is 1. The Balaban J connectivity index is 2.49. The van der Waals surface area contributed by atoms with E-state index >= 15 is 4.39 Å². The first-order valence-electron chi connectivity index (χ1n) is 11.3. The third kappa shape index (κ3) is 9.63. The SMILES string of the molecule is C=Cc1cc([C@@H](/C=C(\F)c2ccc(C(=O)N[C@H](C)CS(=O)(=O)CC(F)(F)F)c(C(F)(F)F)c2)C(F)(F)F)cc(Cl)c1Cl. The molecule has 1 amide bonds. The number of rotatable bonds is 9. The molecule has 17 heteroatoms. The zero-order chi connectivity index (χ0) is 32.4. The summed E-state index contributed by atoms with van der Waals surface area (Å²) in [6.45, 7) is 4.30. The van der Waals surface area contributed by atoms with E-state index in [9.17, 15) is 52.7 Å². The van der Waals surface area contributed by atoms with E-state index in [2.05, 4.69) is 6.58 Å². The maximum Gasteiger partial charge on any atom is 0.417 e. The van der Waals surface area contributed by atoms with E-state index in [1.807, 2.05) is 5.32 Å². The largest absolute Gasteiger partial charge is 0.417 e. The van der Waals surface area contributed by atoms with Crippen LogP contribution in [0.25, 0.3) is 11.9 Å². The highest BCUT2D eigenvalue weighted by atomic mass is 35.5. The zero-order valence-electron chi connectivity index (χ0n) is 21.0. The van der Waals surface area contributed by atoms with Gasteiger partial charge in [-0.05, 0) is 48.4 Å². The van der Waals surface area contributed by atoms with Crippen LogP contribution in [0.3, 0.4) is 0 Å². The van der Waals surface area contributed by atoms with Crippen molar-refractivity contribution in [2.45, 2.75) is 37.4 Å². The summed E-state index contributed by atoms with van der Waals surface area (Å²) in [5.74, 6) is -9.54. The molecule has 0 aromatic heterocycles. The smallest absolute Gasteiger partial charge is 0.349 e. The molecule has 2 atom stereocenters. The number of carbonyl (C=O) groups excluding carboxylic acids is 1. The van der Waals surface area contributed by atoms with Gasteiger partial charge < -0.3 is 5.32 Å². The maximum atomic E-state index is 15.1. The van der Waals surface area contributed by atoms with Crippen LogP contribution in [-0.2, 0) is 16.0 Å². The fourth-order valence-corrected chi connectivity index (χ4v) is 5.62. The van der Waals surface area contributed by atoms with Gasteiger partial charge in [0.15, 0.2) is 9.84 Å². The molecular formula is C25H19Cl2F10NO3S. The van der Waals surface area contributed by atoms with Gasteiger partial charge in [-0.15, -0.1) is 0 Å². The molecule has 232 valence electrons. The molecule has 0 aliphatic heterocycles. The standard InChI is InChI=1S/C25H19Cl2F10NO3S/c1-3-13-6-15(8-19(26)21(13)27)17(24(32,33)34)9-20(28)14-4-5-16(18(7-14)25(35,36)37)22(39)38-12(2)10-42(40,41)11-23(29,30)31/h3-9,12,17H,1,10-11H2,2H3,(H,38,39)/b20-9-/t12-,17-/m1/s1. The number of halogens is 12. The molecule has 0 heterocycles. The Bertz CT molecular complexity index is 1480. The molecule has 1 N–H and O–H groups in total. The lowest BCUT2D eigenvalue weighted by Crippen LogP contribution is -2.40. The first kappa shape index (κ1) is 35.4. The summed E-state index contributed by atoms with van der Waals surface area (Å²) >= 11 is 11.7. The summed E-state index contributed by atoms with van der Waals surface area (Å²) in [5, 5.41) is 1.35. The summed E-state index contributed by atoms with van der Waals surface area (Å²) in [4.78, 5) is 12.5. The highest BCUT2D eigenvalue weighted by Crippen LogP contribution is 2.42. The minimum Gasteiger partial charge on any atom is -0.349 e. The predicted molar refractivity (Wildman–Crippen MR) is 138 cm³/mol. The van der Waals surface area contributed by atoms with E-state index in [-0.39, 0.29) is 27.8 Å². The van der Waals surface area contributed by atoms with Crippen LogP contribution in [0.4, 0.5) is 43.9 Å². The van der Waals surface area contributed by atoms with Crippen molar-refractivity contribution in [2.24, 2.45) is 0 Å². The Labute approximate surface area is 242 Å². The van der Waals surface area contributed by atoms with E-state index < -0.39 is 85.8 Å². The van der Waals surface area contributed by atoms with Crippen LogP contribution < -0.4 is 5.32 Å². The van der Waals surface area contributed by atoms with Crippen molar-refractivity contribution in [2.75, 3.05) is 11.5 Å². The summed E-state index contributed by atoms with van der Waals surface area (Å²) in [7, 11) is -4.81. The molecule has 42 heavy (non-hydrogen) atoms. The summed E-state index contributed by atoms with van der Waals surface area (Å²) < 4.78 is 159. The third-order valence-corrected chi connectivity index (χ3v) is 8.03. The highest BCUT2D eigenvalue weighted by Gasteiger charge is 2.41. The van der Waals surface area contributed by atoms with Crippen molar-refractivity contribution in [1.82, 2.24) is 5.32 Å². The number of hydrogen-bond donors (Lipinski definition) is 1. The molecule has 0 aliphatic rings. The van der Waals surface area contributed by atoms with Gasteiger partial charge in [0.1, 0.15) is 17.5 Å². The molecule has 2 aromatic carbocycles. The van der Waals surface area contributed by atoms with E-state index in [0.717, 1.165) is 25.1 Å². The van der Waals surface area contributed by atoms with Crippen LogP contribution in [0.2, 0.25) is 10.0 Å². The number of hydrogen-bond acceptors (Lipinski definition) is 3. The maximum absolute atomic E-state index is 15.1. The van der Waals surface area contributed by atoms with Gasteiger partial charge in [0.2, 0.25) is 0 Å². The second kappa shape index (κ2) is 12.8. The molecule has 0 spiro atoms. The lowest BCUT2D eigenvalue weighted by Gasteiger charge is -2.20. The fraction of sp³-hybridized carbons (Fsp3) is 0.320. The van der Waals surface area contributed by atoms with Crippen molar-refractivity contribution >= 4 is 50.8 Å². The van der Waals surface area contributed by atoms with Gasteiger partial charge in [0.25, 0.3) is 5.91 Å². The number of allylic oxidation sites excluding steroid dienone is 1. The lowest BCUT2D eigenvalue weighted by atomic mass is 9.94. The Morgan fingerprint density at radius 3 is 2.12 bits per heavy atom. The average molecular weight is 674 g/mol. The minimum atomic E-state index is -5.36. The number of alkyl halides is 9.